The Balaban J connectivity index is 1.71. The van der Waals surface area contributed by atoms with Gasteiger partial charge in [-0.1, -0.05) is 12.1 Å². The number of nitrogens with zero attached hydrogens (tertiary/aromatic N) is 3. The molecule has 6 heteroatoms. The quantitative estimate of drug-likeness (QED) is 0.855. The van der Waals surface area contributed by atoms with Crippen LogP contribution in [0.25, 0.3) is 0 Å². The number of aromatic nitrogens is 2. The molecule has 0 radical (unpaired) electrons. The second kappa shape index (κ2) is 7.51. The third-order valence-electron chi connectivity index (χ3n) is 4.24. The monoisotopic (exact) mass is 341 g/mol. The average molecular weight is 341 g/mol. The lowest BCUT2D eigenvalue weighted by atomic mass is 10.1. The number of methoxy groups -OCH3 is 1. The first kappa shape index (κ1) is 17.2. The number of aryl methyl sites for hydroxylation is 2. The smallest absolute Gasteiger partial charge is 0.317 e. The zero-order valence-corrected chi connectivity index (χ0v) is 14.9. The van der Waals surface area contributed by atoms with E-state index >= 15 is 0 Å². The van der Waals surface area contributed by atoms with Crippen LogP contribution in [-0.2, 0) is 0 Å². The molecule has 25 heavy (non-hydrogen) atoms. The average Bonchev–Trinajstić information content (AvgIpc) is 2.60. The predicted molar refractivity (Wildman–Crippen MR) is 94.1 cm³/mol. The number of carbonyl (C=O) groups excluding carboxylic acids is 1. The van der Waals surface area contributed by atoms with Crippen LogP contribution in [0.5, 0.6) is 11.8 Å². The van der Waals surface area contributed by atoms with Crippen molar-refractivity contribution in [2.24, 2.45) is 0 Å². The Bertz CT molecular complexity index is 743. The van der Waals surface area contributed by atoms with Crippen LogP contribution in [0.3, 0.4) is 0 Å². The van der Waals surface area contributed by atoms with Crippen LogP contribution in [0.1, 0.15) is 34.6 Å². The Morgan fingerprint density at radius 2 is 1.92 bits per heavy atom. The fourth-order valence-corrected chi connectivity index (χ4v) is 3.11. The summed E-state index contributed by atoms with van der Waals surface area (Å²) in [5.41, 5.74) is 2.33. The molecule has 2 heterocycles. The molecule has 0 bridgehead atoms. The summed E-state index contributed by atoms with van der Waals surface area (Å²) in [5, 5.41) is 0. The van der Waals surface area contributed by atoms with Gasteiger partial charge < -0.3 is 14.4 Å². The number of amides is 1. The molecule has 1 fully saturated rings. The van der Waals surface area contributed by atoms with Gasteiger partial charge in [0.05, 0.1) is 19.2 Å². The van der Waals surface area contributed by atoms with Gasteiger partial charge in [0.25, 0.3) is 5.91 Å². The van der Waals surface area contributed by atoms with Crippen molar-refractivity contribution in [3.8, 4) is 11.8 Å². The number of likely N-dealkylation sites (tertiary alicyclic amines) is 1. The molecule has 0 N–H and O–H groups in total. The van der Waals surface area contributed by atoms with Gasteiger partial charge in [0, 0.05) is 17.9 Å². The molecule has 1 aromatic carbocycles. The van der Waals surface area contributed by atoms with Crippen LogP contribution in [0.15, 0.2) is 30.3 Å². The highest BCUT2D eigenvalue weighted by Crippen LogP contribution is 2.23. The van der Waals surface area contributed by atoms with Crippen LogP contribution < -0.4 is 9.47 Å². The number of hydrogen-bond acceptors (Lipinski definition) is 5. The molecule has 1 saturated heterocycles. The molecule has 1 amide bonds. The number of ether oxygens (including phenoxy) is 2. The molecule has 0 saturated carbocycles. The maximum absolute atomic E-state index is 12.8. The van der Waals surface area contributed by atoms with Gasteiger partial charge in [-0.15, -0.1) is 0 Å². The third kappa shape index (κ3) is 4.07. The second-order valence-electron chi connectivity index (χ2n) is 6.27. The lowest BCUT2D eigenvalue weighted by Gasteiger charge is -2.32. The summed E-state index contributed by atoms with van der Waals surface area (Å²) < 4.78 is 11.2. The van der Waals surface area contributed by atoms with Gasteiger partial charge in [-0.2, -0.15) is 0 Å². The SMILES string of the molecule is COc1ccccc1C(=O)N1CCCC(Oc2nc(C)cc(C)n2)C1. The minimum atomic E-state index is -0.103. The number of piperidine rings is 1. The van der Waals surface area contributed by atoms with Gasteiger partial charge in [0.15, 0.2) is 0 Å². The van der Waals surface area contributed by atoms with Gasteiger partial charge in [-0.3, -0.25) is 4.79 Å². The molecule has 3 rings (SSSR count). The molecule has 2 aromatic rings. The summed E-state index contributed by atoms with van der Waals surface area (Å²) in [6.45, 7) is 5.07. The standard InChI is InChI=1S/C19H23N3O3/c1-13-11-14(2)21-19(20-13)25-15-7-6-10-22(12-15)18(23)16-8-4-5-9-17(16)24-3/h4-5,8-9,11,15H,6-7,10,12H2,1-3H3. The zero-order valence-electron chi connectivity index (χ0n) is 14.9. The maximum atomic E-state index is 12.8. The van der Waals surface area contributed by atoms with E-state index in [-0.39, 0.29) is 12.0 Å². The Hall–Kier alpha value is -2.63. The first-order valence-electron chi connectivity index (χ1n) is 8.48. The van der Waals surface area contributed by atoms with Crippen LogP contribution in [0.2, 0.25) is 0 Å². The summed E-state index contributed by atoms with van der Waals surface area (Å²) in [6.07, 6.45) is 1.66. The molecule has 132 valence electrons. The van der Waals surface area contributed by atoms with E-state index in [9.17, 15) is 4.79 Å². The Morgan fingerprint density at radius 1 is 1.20 bits per heavy atom. The summed E-state index contributed by atoms with van der Waals surface area (Å²) in [5.74, 6) is 0.556. The highest BCUT2D eigenvalue weighted by Gasteiger charge is 2.27. The molecule has 6 nitrogen and oxygen atoms in total. The number of para-hydroxylation sites is 1. The Labute approximate surface area is 147 Å². The fraction of sp³-hybridized carbons (Fsp3) is 0.421. The molecule has 1 atom stereocenters. The van der Waals surface area contributed by atoms with Crippen molar-refractivity contribution in [3.05, 3.63) is 47.3 Å². The van der Waals surface area contributed by atoms with E-state index in [0.717, 1.165) is 24.2 Å². The van der Waals surface area contributed by atoms with E-state index < -0.39 is 0 Å². The van der Waals surface area contributed by atoms with Crippen molar-refractivity contribution in [3.63, 3.8) is 0 Å². The van der Waals surface area contributed by atoms with Crippen LogP contribution >= 0.6 is 0 Å². The predicted octanol–water partition coefficient (Wildman–Crippen LogP) is 2.79. The van der Waals surface area contributed by atoms with Crippen LogP contribution in [0, 0.1) is 13.8 Å². The van der Waals surface area contributed by atoms with Gasteiger partial charge >= 0.3 is 6.01 Å². The number of hydrogen-bond donors (Lipinski definition) is 0. The summed E-state index contributed by atoms with van der Waals surface area (Å²) >= 11 is 0. The van der Waals surface area contributed by atoms with E-state index in [1.807, 2.05) is 36.9 Å². The van der Waals surface area contributed by atoms with Gasteiger partial charge in [0.1, 0.15) is 11.9 Å². The lowest BCUT2D eigenvalue weighted by Crippen LogP contribution is -2.44. The number of rotatable bonds is 4. The molecular formula is C19H23N3O3. The first-order valence-corrected chi connectivity index (χ1v) is 8.48. The highest BCUT2D eigenvalue weighted by atomic mass is 16.5. The minimum absolute atomic E-state index is 0.0351. The highest BCUT2D eigenvalue weighted by molar-refractivity contribution is 5.97. The van der Waals surface area contributed by atoms with Crippen LogP contribution in [-0.4, -0.2) is 47.1 Å². The largest absolute Gasteiger partial charge is 0.496 e. The van der Waals surface area contributed by atoms with E-state index in [4.69, 9.17) is 9.47 Å². The third-order valence-corrected chi connectivity index (χ3v) is 4.24. The van der Waals surface area contributed by atoms with Crippen molar-refractivity contribution < 1.29 is 14.3 Å². The molecule has 1 aromatic heterocycles. The molecular weight excluding hydrogens is 318 g/mol. The van der Waals surface area contributed by atoms with Gasteiger partial charge in [-0.25, -0.2) is 9.97 Å². The second-order valence-corrected chi connectivity index (χ2v) is 6.27. The van der Waals surface area contributed by atoms with E-state index in [1.54, 1.807) is 19.2 Å². The van der Waals surface area contributed by atoms with Crippen molar-refractivity contribution >= 4 is 5.91 Å². The van der Waals surface area contributed by atoms with E-state index in [2.05, 4.69) is 9.97 Å². The summed E-state index contributed by atoms with van der Waals surface area (Å²) in [7, 11) is 1.58. The lowest BCUT2D eigenvalue weighted by molar-refractivity contribution is 0.0512. The van der Waals surface area contributed by atoms with Crippen molar-refractivity contribution in [1.82, 2.24) is 14.9 Å². The normalized spacial score (nSPS) is 17.2. The number of benzene rings is 1. The van der Waals surface area contributed by atoms with Crippen molar-refractivity contribution in [1.29, 1.82) is 0 Å². The molecule has 1 aliphatic heterocycles. The number of carbonyl (C=O) groups is 1. The molecule has 1 unspecified atom stereocenters. The van der Waals surface area contributed by atoms with Crippen molar-refractivity contribution in [2.45, 2.75) is 32.8 Å². The fourth-order valence-electron chi connectivity index (χ4n) is 3.11. The van der Waals surface area contributed by atoms with Gasteiger partial charge in [0.2, 0.25) is 0 Å². The molecule has 0 spiro atoms. The van der Waals surface area contributed by atoms with Crippen LogP contribution in [0.4, 0.5) is 0 Å². The molecule has 0 aliphatic carbocycles. The van der Waals surface area contributed by atoms with E-state index in [1.165, 1.54) is 0 Å². The minimum Gasteiger partial charge on any atom is -0.496 e. The van der Waals surface area contributed by atoms with Crippen molar-refractivity contribution in [2.75, 3.05) is 20.2 Å². The Morgan fingerprint density at radius 3 is 2.64 bits per heavy atom. The summed E-state index contributed by atoms with van der Waals surface area (Å²) in [6, 6.07) is 9.58. The first-order chi connectivity index (χ1) is 12.1. The maximum Gasteiger partial charge on any atom is 0.317 e. The van der Waals surface area contributed by atoms with Gasteiger partial charge in [-0.05, 0) is 44.9 Å². The topological polar surface area (TPSA) is 64.5 Å². The molecule has 1 aliphatic rings. The summed E-state index contributed by atoms with van der Waals surface area (Å²) in [4.78, 5) is 23.3. The Kier molecular flexibility index (Phi) is 5.16. The van der Waals surface area contributed by atoms with E-state index in [0.29, 0.717) is 30.4 Å². The zero-order chi connectivity index (χ0) is 17.8.